The zero-order chi connectivity index (χ0) is 24.0. The second-order valence-electron chi connectivity index (χ2n) is 8.06. The first kappa shape index (κ1) is 24.7. The Morgan fingerprint density at radius 1 is 1.00 bits per heavy atom. The van der Waals surface area contributed by atoms with Crippen molar-refractivity contribution in [2.45, 2.75) is 44.6 Å². The minimum absolute atomic E-state index is 0.0638. The molecule has 2 aromatic carbocycles. The minimum Gasteiger partial charge on any atom is -0.456 e. The van der Waals surface area contributed by atoms with Crippen LogP contribution in [0.3, 0.4) is 0 Å². The molecule has 1 saturated carbocycles. The van der Waals surface area contributed by atoms with Crippen LogP contribution in [0.4, 0.5) is 26.3 Å². The van der Waals surface area contributed by atoms with Gasteiger partial charge in [0.15, 0.2) is 17.8 Å². The molecule has 0 saturated heterocycles. The van der Waals surface area contributed by atoms with E-state index < -0.39 is 35.5 Å². The summed E-state index contributed by atoms with van der Waals surface area (Å²) in [7, 11) is 0. The molecule has 0 spiro atoms. The fraction of sp³-hybridized carbons (Fsp3) is 0.360. The van der Waals surface area contributed by atoms with Crippen LogP contribution in [0.15, 0.2) is 61.4 Å². The van der Waals surface area contributed by atoms with Crippen molar-refractivity contribution in [3.63, 3.8) is 0 Å². The summed E-state index contributed by atoms with van der Waals surface area (Å²) in [6.45, 7) is 3.68. The van der Waals surface area contributed by atoms with Crippen molar-refractivity contribution in [2.24, 2.45) is 11.8 Å². The molecule has 33 heavy (non-hydrogen) atoms. The Morgan fingerprint density at radius 2 is 1.73 bits per heavy atom. The maximum atomic E-state index is 14.7. The molecule has 1 fully saturated rings. The van der Waals surface area contributed by atoms with Crippen molar-refractivity contribution in [3.05, 3.63) is 73.0 Å². The van der Waals surface area contributed by atoms with Crippen LogP contribution < -0.4 is 9.47 Å². The van der Waals surface area contributed by atoms with Crippen molar-refractivity contribution in [2.75, 3.05) is 0 Å². The number of alkyl halides is 2. The fourth-order valence-electron chi connectivity index (χ4n) is 4.05. The van der Waals surface area contributed by atoms with Gasteiger partial charge in [-0.15, -0.1) is 6.58 Å². The summed E-state index contributed by atoms with van der Waals surface area (Å²) < 4.78 is 91.5. The van der Waals surface area contributed by atoms with E-state index in [2.05, 4.69) is 11.3 Å². The quantitative estimate of drug-likeness (QED) is 0.208. The second-order valence-corrected chi connectivity index (χ2v) is 8.06. The SMILES string of the molecule is C=CCCC1CCC(C(F)(F)Oc2ccc(-c3ccc(OC=C(F)F)c(F)c3)c(F)c2)CC1. The zero-order valence-electron chi connectivity index (χ0n) is 17.8. The van der Waals surface area contributed by atoms with E-state index in [4.69, 9.17) is 4.74 Å². The van der Waals surface area contributed by atoms with E-state index in [0.29, 0.717) is 31.6 Å². The largest absolute Gasteiger partial charge is 0.456 e. The summed E-state index contributed by atoms with van der Waals surface area (Å²) in [4.78, 5) is 0. The molecule has 0 radical (unpaired) electrons. The number of hydrogen-bond acceptors (Lipinski definition) is 2. The Hall–Kier alpha value is -2.90. The monoisotopic (exact) mass is 470 g/mol. The van der Waals surface area contributed by atoms with Crippen molar-refractivity contribution in [3.8, 4) is 22.6 Å². The molecule has 0 bridgehead atoms. The molecular formula is C25H24F6O2. The van der Waals surface area contributed by atoms with E-state index in [1.54, 1.807) is 0 Å². The molecule has 0 aliphatic heterocycles. The molecule has 0 amide bonds. The maximum absolute atomic E-state index is 14.7. The van der Waals surface area contributed by atoms with E-state index in [9.17, 15) is 26.3 Å². The lowest BCUT2D eigenvalue weighted by molar-refractivity contribution is -0.223. The molecule has 0 aromatic heterocycles. The maximum Gasteiger partial charge on any atom is 0.400 e. The van der Waals surface area contributed by atoms with Crippen LogP contribution in [-0.4, -0.2) is 6.11 Å². The molecule has 0 atom stereocenters. The molecule has 0 heterocycles. The molecule has 2 nitrogen and oxygen atoms in total. The van der Waals surface area contributed by atoms with Crippen molar-refractivity contribution in [1.82, 2.24) is 0 Å². The van der Waals surface area contributed by atoms with Crippen LogP contribution >= 0.6 is 0 Å². The summed E-state index contributed by atoms with van der Waals surface area (Å²) in [6, 6.07) is 6.43. The zero-order valence-corrected chi connectivity index (χ0v) is 17.8. The summed E-state index contributed by atoms with van der Waals surface area (Å²) >= 11 is 0. The number of allylic oxidation sites excluding steroid dienone is 1. The number of halogens is 6. The van der Waals surface area contributed by atoms with E-state index >= 15 is 0 Å². The van der Waals surface area contributed by atoms with E-state index in [1.807, 2.05) is 6.08 Å². The van der Waals surface area contributed by atoms with Crippen LogP contribution in [0, 0.1) is 23.5 Å². The van der Waals surface area contributed by atoms with Gasteiger partial charge in [0.2, 0.25) is 0 Å². The van der Waals surface area contributed by atoms with Gasteiger partial charge in [-0.2, -0.15) is 17.6 Å². The molecular weight excluding hydrogens is 446 g/mol. The van der Waals surface area contributed by atoms with E-state index in [0.717, 1.165) is 31.0 Å². The van der Waals surface area contributed by atoms with Crippen molar-refractivity contribution in [1.29, 1.82) is 0 Å². The van der Waals surface area contributed by atoms with Gasteiger partial charge in [0.1, 0.15) is 11.6 Å². The van der Waals surface area contributed by atoms with Crippen LogP contribution in [0.5, 0.6) is 11.5 Å². The lowest BCUT2D eigenvalue weighted by Gasteiger charge is -2.33. The van der Waals surface area contributed by atoms with Gasteiger partial charge in [-0.1, -0.05) is 12.1 Å². The molecule has 3 rings (SSSR count). The Balaban J connectivity index is 1.67. The molecule has 8 heteroatoms. The number of benzene rings is 2. The van der Waals surface area contributed by atoms with Gasteiger partial charge in [-0.05, 0) is 74.3 Å². The minimum atomic E-state index is -3.44. The lowest BCUT2D eigenvalue weighted by Crippen LogP contribution is -2.37. The lowest BCUT2D eigenvalue weighted by atomic mass is 9.79. The average molecular weight is 470 g/mol. The van der Waals surface area contributed by atoms with Gasteiger partial charge in [-0.25, -0.2) is 8.78 Å². The Kier molecular flexibility index (Phi) is 8.10. The average Bonchev–Trinajstić information content (AvgIpc) is 2.77. The Labute approximate surface area is 188 Å². The van der Waals surface area contributed by atoms with Crippen molar-refractivity contribution < 1.29 is 35.8 Å². The van der Waals surface area contributed by atoms with Crippen LogP contribution in [0.1, 0.15) is 38.5 Å². The van der Waals surface area contributed by atoms with Gasteiger partial charge in [0.25, 0.3) is 0 Å². The van der Waals surface area contributed by atoms with E-state index in [-0.39, 0.29) is 23.1 Å². The van der Waals surface area contributed by atoms with Gasteiger partial charge in [-0.3, -0.25) is 0 Å². The third-order valence-corrected chi connectivity index (χ3v) is 5.81. The smallest absolute Gasteiger partial charge is 0.400 e. The number of hydrogen-bond donors (Lipinski definition) is 0. The van der Waals surface area contributed by atoms with Gasteiger partial charge < -0.3 is 9.47 Å². The fourth-order valence-corrected chi connectivity index (χ4v) is 4.05. The predicted molar refractivity (Wildman–Crippen MR) is 113 cm³/mol. The number of ether oxygens (including phenoxy) is 2. The summed E-state index contributed by atoms with van der Waals surface area (Å²) in [5, 5.41) is 0. The molecule has 1 aliphatic carbocycles. The predicted octanol–water partition coefficient (Wildman–Crippen LogP) is 8.49. The van der Waals surface area contributed by atoms with Gasteiger partial charge in [0.05, 0.1) is 5.92 Å². The van der Waals surface area contributed by atoms with Crippen LogP contribution in [-0.2, 0) is 0 Å². The second kappa shape index (κ2) is 10.8. The Morgan fingerprint density at radius 3 is 2.33 bits per heavy atom. The van der Waals surface area contributed by atoms with Crippen LogP contribution in [0.2, 0.25) is 0 Å². The summed E-state index contributed by atoms with van der Waals surface area (Å²) in [6.07, 6.45) is 0.137. The summed E-state index contributed by atoms with van der Waals surface area (Å²) in [5.74, 6) is -3.23. The normalized spacial score (nSPS) is 18.5. The molecule has 178 valence electrons. The van der Waals surface area contributed by atoms with Gasteiger partial charge in [0, 0.05) is 11.6 Å². The number of rotatable bonds is 9. The first-order valence-electron chi connectivity index (χ1n) is 10.6. The highest BCUT2D eigenvalue weighted by molar-refractivity contribution is 5.66. The topological polar surface area (TPSA) is 18.5 Å². The molecule has 1 aliphatic rings. The third kappa shape index (κ3) is 6.55. The van der Waals surface area contributed by atoms with Gasteiger partial charge >= 0.3 is 12.2 Å². The summed E-state index contributed by atoms with van der Waals surface area (Å²) in [5.41, 5.74) is 0.0178. The van der Waals surface area contributed by atoms with Crippen LogP contribution in [0.25, 0.3) is 11.1 Å². The third-order valence-electron chi connectivity index (χ3n) is 5.81. The first-order chi connectivity index (χ1) is 15.7. The highest BCUT2D eigenvalue weighted by atomic mass is 19.3. The first-order valence-corrected chi connectivity index (χ1v) is 10.6. The molecule has 0 N–H and O–H groups in total. The highest BCUT2D eigenvalue weighted by Gasteiger charge is 2.44. The molecule has 0 unspecified atom stereocenters. The van der Waals surface area contributed by atoms with E-state index in [1.165, 1.54) is 18.2 Å². The Bertz CT molecular complexity index is 992. The van der Waals surface area contributed by atoms with Crippen molar-refractivity contribution >= 4 is 0 Å². The standard InChI is InChI=1S/C25H24F6O2/c1-2-3-4-16-5-8-18(9-6-16)25(30,31)33-19-10-11-20(21(26)14-19)17-7-12-23(22(27)13-17)32-15-24(28)29/h2,7,10-16,18H,1,3-6,8-9H2. The highest BCUT2D eigenvalue weighted by Crippen LogP contribution is 2.41. The molecule has 2 aromatic rings.